The Morgan fingerprint density at radius 3 is 2.79 bits per heavy atom. The third-order valence-corrected chi connectivity index (χ3v) is 3.07. The summed E-state index contributed by atoms with van der Waals surface area (Å²) in [5.74, 6) is -0.190. The standard InChI is InChI=1S/C16H19FN2/c1-3-18-16(15-9-12(2)7-8-19-15)11-13-5-4-6-14(17)10-13/h4-10,16,18H,3,11H2,1-2H3. The number of pyridine rings is 1. The number of nitrogens with zero attached hydrogens (tertiary/aromatic N) is 1. The fourth-order valence-corrected chi connectivity index (χ4v) is 2.18. The molecule has 0 spiro atoms. The molecule has 0 radical (unpaired) electrons. The van der Waals surface area contributed by atoms with Gasteiger partial charge in [0.25, 0.3) is 0 Å². The van der Waals surface area contributed by atoms with E-state index < -0.39 is 0 Å². The summed E-state index contributed by atoms with van der Waals surface area (Å²) in [5, 5.41) is 3.41. The number of benzene rings is 1. The lowest BCUT2D eigenvalue weighted by Gasteiger charge is -2.18. The molecule has 2 nitrogen and oxygen atoms in total. The predicted molar refractivity (Wildman–Crippen MR) is 75.5 cm³/mol. The SMILES string of the molecule is CCNC(Cc1cccc(F)c1)c1cc(C)ccn1. The highest BCUT2D eigenvalue weighted by Gasteiger charge is 2.13. The molecule has 19 heavy (non-hydrogen) atoms. The van der Waals surface area contributed by atoms with Crippen molar-refractivity contribution in [3.05, 3.63) is 65.2 Å². The Hall–Kier alpha value is -1.74. The van der Waals surface area contributed by atoms with E-state index in [-0.39, 0.29) is 11.9 Å². The number of hydrogen-bond acceptors (Lipinski definition) is 2. The molecule has 2 rings (SSSR count). The van der Waals surface area contributed by atoms with Crippen molar-refractivity contribution in [3.63, 3.8) is 0 Å². The van der Waals surface area contributed by atoms with Crippen molar-refractivity contribution in [2.24, 2.45) is 0 Å². The van der Waals surface area contributed by atoms with Crippen LogP contribution >= 0.6 is 0 Å². The Bertz CT molecular complexity index is 540. The van der Waals surface area contributed by atoms with E-state index in [4.69, 9.17) is 0 Å². The van der Waals surface area contributed by atoms with E-state index >= 15 is 0 Å². The molecule has 1 N–H and O–H groups in total. The van der Waals surface area contributed by atoms with Crippen molar-refractivity contribution in [1.82, 2.24) is 10.3 Å². The molecular formula is C16H19FN2. The molecule has 1 aromatic carbocycles. The smallest absolute Gasteiger partial charge is 0.123 e. The summed E-state index contributed by atoms with van der Waals surface area (Å²) in [6.45, 7) is 4.97. The molecule has 0 bridgehead atoms. The normalized spacial score (nSPS) is 12.4. The Balaban J connectivity index is 2.21. The zero-order valence-electron chi connectivity index (χ0n) is 11.4. The molecule has 1 heterocycles. The Labute approximate surface area is 113 Å². The Morgan fingerprint density at radius 1 is 1.26 bits per heavy atom. The molecule has 3 heteroatoms. The van der Waals surface area contributed by atoms with Crippen molar-refractivity contribution in [1.29, 1.82) is 0 Å². The van der Waals surface area contributed by atoms with Crippen molar-refractivity contribution < 1.29 is 4.39 Å². The minimum Gasteiger partial charge on any atom is -0.309 e. The highest BCUT2D eigenvalue weighted by Crippen LogP contribution is 2.18. The van der Waals surface area contributed by atoms with Crippen molar-refractivity contribution >= 4 is 0 Å². The third-order valence-electron chi connectivity index (χ3n) is 3.07. The van der Waals surface area contributed by atoms with Crippen molar-refractivity contribution in [3.8, 4) is 0 Å². The minimum atomic E-state index is -0.190. The number of halogens is 1. The molecular weight excluding hydrogens is 239 g/mol. The fourth-order valence-electron chi connectivity index (χ4n) is 2.18. The van der Waals surface area contributed by atoms with Gasteiger partial charge >= 0.3 is 0 Å². The highest BCUT2D eigenvalue weighted by atomic mass is 19.1. The van der Waals surface area contributed by atoms with Crippen LogP contribution in [0.25, 0.3) is 0 Å². The molecule has 100 valence electrons. The maximum Gasteiger partial charge on any atom is 0.123 e. The molecule has 1 atom stereocenters. The monoisotopic (exact) mass is 258 g/mol. The van der Waals surface area contributed by atoms with E-state index in [9.17, 15) is 4.39 Å². The molecule has 0 aliphatic carbocycles. The van der Waals surface area contributed by atoms with Gasteiger partial charge in [-0.3, -0.25) is 4.98 Å². The molecule has 0 aliphatic heterocycles. The summed E-state index contributed by atoms with van der Waals surface area (Å²) >= 11 is 0. The number of aryl methyl sites for hydroxylation is 1. The van der Waals surface area contributed by atoms with E-state index in [0.29, 0.717) is 0 Å². The number of rotatable bonds is 5. The van der Waals surface area contributed by atoms with Crippen LogP contribution in [0.4, 0.5) is 4.39 Å². The quantitative estimate of drug-likeness (QED) is 0.888. The molecule has 0 aliphatic rings. The van der Waals surface area contributed by atoms with Gasteiger partial charge in [-0.2, -0.15) is 0 Å². The summed E-state index contributed by atoms with van der Waals surface area (Å²) in [6, 6.07) is 10.9. The van der Waals surface area contributed by atoms with Crippen LogP contribution in [0.15, 0.2) is 42.6 Å². The van der Waals surface area contributed by atoms with E-state index in [0.717, 1.165) is 24.2 Å². The molecule has 0 fully saturated rings. The van der Waals surface area contributed by atoms with E-state index in [1.54, 1.807) is 12.1 Å². The van der Waals surface area contributed by atoms with Crippen LogP contribution in [0.1, 0.15) is 29.8 Å². The fraction of sp³-hybridized carbons (Fsp3) is 0.312. The zero-order valence-corrected chi connectivity index (χ0v) is 11.4. The lowest BCUT2D eigenvalue weighted by molar-refractivity contribution is 0.534. The van der Waals surface area contributed by atoms with Gasteiger partial charge in [-0.25, -0.2) is 4.39 Å². The number of aromatic nitrogens is 1. The summed E-state index contributed by atoms with van der Waals surface area (Å²) in [7, 11) is 0. The average Bonchev–Trinajstić information content (AvgIpc) is 2.38. The maximum atomic E-state index is 13.2. The first-order chi connectivity index (χ1) is 9.19. The molecule has 1 unspecified atom stereocenters. The first kappa shape index (κ1) is 13.7. The second kappa shape index (κ2) is 6.43. The average molecular weight is 258 g/mol. The highest BCUT2D eigenvalue weighted by molar-refractivity contribution is 5.22. The first-order valence-electron chi connectivity index (χ1n) is 6.59. The largest absolute Gasteiger partial charge is 0.309 e. The van der Waals surface area contributed by atoms with E-state index in [1.165, 1.54) is 11.6 Å². The Kier molecular flexibility index (Phi) is 4.63. The van der Waals surface area contributed by atoms with E-state index in [2.05, 4.69) is 30.2 Å². The predicted octanol–water partition coefficient (Wildman–Crippen LogP) is 3.42. The third kappa shape index (κ3) is 3.86. The number of hydrogen-bond donors (Lipinski definition) is 1. The van der Waals surface area contributed by atoms with Crippen LogP contribution in [0.2, 0.25) is 0 Å². The summed E-state index contributed by atoms with van der Waals surface area (Å²) in [6.07, 6.45) is 2.56. The van der Waals surface area contributed by atoms with Gasteiger partial charge in [-0.15, -0.1) is 0 Å². The number of nitrogens with one attached hydrogen (secondary N) is 1. The van der Waals surface area contributed by atoms with Crippen LogP contribution in [0.5, 0.6) is 0 Å². The van der Waals surface area contributed by atoms with Crippen molar-refractivity contribution in [2.45, 2.75) is 26.3 Å². The molecule has 1 aromatic heterocycles. The van der Waals surface area contributed by atoms with Gasteiger partial charge in [0.1, 0.15) is 5.82 Å². The van der Waals surface area contributed by atoms with Gasteiger partial charge in [0, 0.05) is 6.20 Å². The molecule has 0 saturated heterocycles. The van der Waals surface area contributed by atoms with Crippen LogP contribution < -0.4 is 5.32 Å². The molecule has 2 aromatic rings. The van der Waals surface area contributed by atoms with Gasteiger partial charge < -0.3 is 5.32 Å². The van der Waals surface area contributed by atoms with Crippen LogP contribution in [-0.2, 0) is 6.42 Å². The van der Waals surface area contributed by atoms with Crippen LogP contribution in [-0.4, -0.2) is 11.5 Å². The zero-order chi connectivity index (χ0) is 13.7. The lowest BCUT2D eigenvalue weighted by Crippen LogP contribution is -2.24. The van der Waals surface area contributed by atoms with Gasteiger partial charge in [-0.05, 0) is 55.3 Å². The summed E-state index contributed by atoms with van der Waals surface area (Å²) < 4.78 is 13.2. The van der Waals surface area contributed by atoms with Crippen LogP contribution in [0, 0.1) is 12.7 Å². The van der Waals surface area contributed by atoms with Crippen LogP contribution in [0.3, 0.4) is 0 Å². The van der Waals surface area contributed by atoms with Gasteiger partial charge in [0.15, 0.2) is 0 Å². The first-order valence-corrected chi connectivity index (χ1v) is 6.59. The summed E-state index contributed by atoms with van der Waals surface area (Å²) in [5.41, 5.74) is 3.17. The minimum absolute atomic E-state index is 0.117. The van der Waals surface area contributed by atoms with Gasteiger partial charge in [0.2, 0.25) is 0 Å². The number of likely N-dealkylation sites (N-methyl/N-ethyl adjacent to an activating group) is 1. The van der Waals surface area contributed by atoms with Gasteiger partial charge in [0.05, 0.1) is 11.7 Å². The second-order valence-electron chi connectivity index (χ2n) is 4.70. The van der Waals surface area contributed by atoms with Crippen molar-refractivity contribution in [2.75, 3.05) is 6.54 Å². The molecule has 0 saturated carbocycles. The maximum absolute atomic E-state index is 13.2. The summed E-state index contributed by atoms with van der Waals surface area (Å²) in [4.78, 5) is 4.42. The second-order valence-corrected chi connectivity index (χ2v) is 4.70. The topological polar surface area (TPSA) is 24.9 Å². The van der Waals surface area contributed by atoms with Gasteiger partial charge in [-0.1, -0.05) is 19.1 Å². The van der Waals surface area contributed by atoms with E-state index in [1.807, 2.05) is 18.3 Å². The lowest BCUT2D eigenvalue weighted by atomic mass is 10.0. The molecule has 0 amide bonds. The Morgan fingerprint density at radius 2 is 2.11 bits per heavy atom.